The molecular formula is C13H14N2O2. The van der Waals surface area contributed by atoms with Gasteiger partial charge in [0.2, 0.25) is 0 Å². The van der Waals surface area contributed by atoms with Gasteiger partial charge in [0.25, 0.3) is 5.91 Å². The maximum absolute atomic E-state index is 12.2. The Morgan fingerprint density at radius 2 is 2.12 bits per heavy atom. The highest BCUT2D eigenvalue weighted by Gasteiger charge is 2.16. The molecule has 2 aromatic rings. The number of amides is 1. The zero-order chi connectivity index (χ0) is 12.3. The predicted octanol–water partition coefficient (Wildman–Crippen LogP) is 2.26. The van der Waals surface area contributed by atoms with Crippen LogP contribution >= 0.6 is 0 Å². The second-order valence-corrected chi connectivity index (χ2v) is 3.56. The quantitative estimate of drug-likeness (QED) is 0.759. The summed E-state index contributed by atoms with van der Waals surface area (Å²) >= 11 is 0. The average molecular weight is 230 g/mol. The number of pyridine rings is 1. The van der Waals surface area contributed by atoms with Crippen LogP contribution in [0, 0.1) is 0 Å². The molecule has 1 aromatic carbocycles. The highest BCUT2D eigenvalue weighted by molar-refractivity contribution is 6.05. The third-order valence-electron chi connectivity index (χ3n) is 2.61. The Kier molecular flexibility index (Phi) is 3.35. The Morgan fingerprint density at radius 1 is 1.35 bits per heavy atom. The third-order valence-corrected chi connectivity index (χ3v) is 2.61. The summed E-state index contributed by atoms with van der Waals surface area (Å²) in [6, 6.07) is 9.28. The van der Waals surface area contributed by atoms with E-state index in [1.807, 2.05) is 31.2 Å². The molecule has 0 radical (unpaired) electrons. The Bertz CT molecular complexity index is 530. The van der Waals surface area contributed by atoms with Gasteiger partial charge < -0.3 is 0 Å². The number of aromatic nitrogens is 1. The molecule has 0 aliphatic heterocycles. The summed E-state index contributed by atoms with van der Waals surface area (Å²) in [7, 11) is 1.49. The zero-order valence-corrected chi connectivity index (χ0v) is 9.88. The maximum Gasteiger partial charge on any atom is 0.278 e. The average Bonchev–Trinajstić information content (AvgIpc) is 2.39. The van der Waals surface area contributed by atoms with Crippen molar-refractivity contribution in [2.24, 2.45) is 0 Å². The standard InChI is InChI=1S/C13H14N2O2/c1-3-15(17-2)13(16)11-8-9-14-12-7-5-4-6-10(11)12/h4-9H,3H2,1-2H3. The Hall–Kier alpha value is -1.94. The van der Waals surface area contributed by atoms with E-state index in [1.54, 1.807) is 12.3 Å². The first kappa shape index (κ1) is 11.5. The lowest BCUT2D eigenvalue weighted by molar-refractivity contribution is -0.0913. The van der Waals surface area contributed by atoms with Gasteiger partial charge in [-0.15, -0.1) is 0 Å². The number of nitrogens with zero attached hydrogens (tertiary/aromatic N) is 2. The van der Waals surface area contributed by atoms with E-state index in [9.17, 15) is 4.79 Å². The molecule has 0 unspecified atom stereocenters. The molecule has 0 bridgehead atoms. The van der Waals surface area contributed by atoms with Crippen LogP contribution in [0.1, 0.15) is 17.3 Å². The third kappa shape index (κ3) is 2.12. The van der Waals surface area contributed by atoms with E-state index in [4.69, 9.17) is 4.84 Å². The lowest BCUT2D eigenvalue weighted by Gasteiger charge is -2.18. The van der Waals surface area contributed by atoms with Gasteiger partial charge in [0.1, 0.15) is 0 Å². The summed E-state index contributed by atoms with van der Waals surface area (Å²) < 4.78 is 0. The summed E-state index contributed by atoms with van der Waals surface area (Å²) in [6.45, 7) is 2.37. The van der Waals surface area contributed by atoms with E-state index < -0.39 is 0 Å². The molecule has 1 amide bonds. The van der Waals surface area contributed by atoms with Crippen LogP contribution in [0.4, 0.5) is 0 Å². The van der Waals surface area contributed by atoms with E-state index in [0.717, 1.165) is 10.9 Å². The van der Waals surface area contributed by atoms with E-state index >= 15 is 0 Å². The van der Waals surface area contributed by atoms with Crippen LogP contribution in [0.25, 0.3) is 10.9 Å². The lowest BCUT2D eigenvalue weighted by Crippen LogP contribution is -2.29. The first-order valence-electron chi connectivity index (χ1n) is 5.47. The Balaban J connectivity index is 2.52. The zero-order valence-electron chi connectivity index (χ0n) is 9.88. The molecule has 0 aliphatic rings. The molecule has 4 nitrogen and oxygen atoms in total. The van der Waals surface area contributed by atoms with Crippen molar-refractivity contribution in [1.29, 1.82) is 0 Å². The molecule has 0 saturated carbocycles. The first-order chi connectivity index (χ1) is 8.27. The lowest BCUT2D eigenvalue weighted by atomic mass is 10.1. The molecule has 1 aromatic heterocycles. The summed E-state index contributed by atoms with van der Waals surface area (Å²) in [4.78, 5) is 21.4. The second kappa shape index (κ2) is 4.93. The van der Waals surface area contributed by atoms with Crippen LogP contribution in [-0.4, -0.2) is 29.6 Å². The fraction of sp³-hybridized carbons (Fsp3) is 0.231. The SMILES string of the molecule is CCN(OC)C(=O)c1ccnc2ccccc12. The number of rotatable bonds is 3. The van der Waals surface area contributed by atoms with Gasteiger partial charge in [0.05, 0.1) is 18.2 Å². The number of fused-ring (bicyclic) bond motifs is 1. The number of hydrogen-bond acceptors (Lipinski definition) is 3. The molecule has 17 heavy (non-hydrogen) atoms. The minimum atomic E-state index is -0.145. The van der Waals surface area contributed by atoms with Crippen molar-refractivity contribution in [3.05, 3.63) is 42.1 Å². The molecule has 1 heterocycles. The molecule has 0 fully saturated rings. The minimum absolute atomic E-state index is 0.145. The first-order valence-corrected chi connectivity index (χ1v) is 5.47. The van der Waals surface area contributed by atoms with E-state index in [2.05, 4.69) is 4.98 Å². The van der Waals surface area contributed by atoms with Crippen LogP contribution in [0.15, 0.2) is 36.5 Å². The van der Waals surface area contributed by atoms with Gasteiger partial charge in [0.15, 0.2) is 0 Å². The van der Waals surface area contributed by atoms with Gasteiger partial charge in [-0.3, -0.25) is 14.6 Å². The second-order valence-electron chi connectivity index (χ2n) is 3.56. The molecule has 88 valence electrons. The monoisotopic (exact) mass is 230 g/mol. The molecule has 0 saturated heterocycles. The van der Waals surface area contributed by atoms with Crippen LogP contribution in [0.3, 0.4) is 0 Å². The highest BCUT2D eigenvalue weighted by Crippen LogP contribution is 2.17. The number of para-hydroxylation sites is 1. The van der Waals surface area contributed by atoms with Crippen molar-refractivity contribution in [2.75, 3.05) is 13.7 Å². The Labute approximate surface area is 99.8 Å². The highest BCUT2D eigenvalue weighted by atomic mass is 16.7. The van der Waals surface area contributed by atoms with E-state index in [0.29, 0.717) is 12.1 Å². The van der Waals surface area contributed by atoms with Crippen molar-refractivity contribution in [3.8, 4) is 0 Å². The van der Waals surface area contributed by atoms with Crippen molar-refractivity contribution in [1.82, 2.24) is 10.0 Å². The molecule has 0 aliphatic carbocycles. The normalized spacial score (nSPS) is 10.5. The molecular weight excluding hydrogens is 216 g/mol. The van der Waals surface area contributed by atoms with Gasteiger partial charge in [-0.25, -0.2) is 5.06 Å². The van der Waals surface area contributed by atoms with Gasteiger partial charge in [-0.05, 0) is 19.1 Å². The van der Waals surface area contributed by atoms with Crippen LogP contribution < -0.4 is 0 Å². The number of benzene rings is 1. The summed E-state index contributed by atoms with van der Waals surface area (Å²) in [5.41, 5.74) is 1.42. The Morgan fingerprint density at radius 3 is 2.82 bits per heavy atom. The number of hydrogen-bond donors (Lipinski definition) is 0. The number of carbonyl (C=O) groups is 1. The van der Waals surface area contributed by atoms with Crippen LogP contribution in [0.5, 0.6) is 0 Å². The topological polar surface area (TPSA) is 42.4 Å². The fourth-order valence-corrected chi connectivity index (χ4v) is 1.77. The predicted molar refractivity (Wildman–Crippen MR) is 65.5 cm³/mol. The van der Waals surface area contributed by atoms with Gasteiger partial charge >= 0.3 is 0 Å². The van der Waals surface area contributed by atoms with Gasteiger partial charge in [-0.1, -0.05) is 18.2 Å². The van der Waals surface area contributed by atoms with E-state index in [1.165, 1.54) is 12.2 Å². The summed E-state index contributed by atoms with van der Waals surface area (Å²) in [5.74, 6) is -0.145. The van der Waals surface area contributed by atoms with Crippen LogP contribution in [-0.2, 0) is 4.84 Å². The van der Waals surface area contributed by atoms with Crippen molar-refractivity contribution in [2.45, 2.75) is 6.92 Å². The van der Waals surface area contributed by atoms with E-state index in [-0.39, 0.29) is 5.91 Å². The molecule has 0 spiro atoms. The number of hydroxylamine groups is 2. The fourth-order valence-electron chi connectivity index (χ4n) is 1.77. The van der Waals surface area contributed by atoms with Crippen molar-refractivity contribution >= 4 is 16.8 Å². The van der Waals surface area contributed by atoms with Gasteiger partial charge in [-0.2, -0.15) is 0 Å². The summed E-state index contributed by atoms with van der Waals surface area (Å²) in [5, 5.41) is 2.16. The smallest absolute Gasteiger partial charge is 0.274 e. The van der Waals surface area contributed by atoms with Crippen molar-refractivity contribution < 1.29 is 9.63 Å². The molecule has 2 rings (SSSR count). The minimum Gasteiger partial charge on any atom is -0.274 e. The molecule has 4 heteroatoms. The van der Waals surface area contributed by atoms with Gasteiger partial charge in [0, 0.05) is 18.1 Å². The molecule has 0 N–H and O–H groups in total. The largest absolute Gasteiger partial charge is 0.278 e. The maximum atomic E-state index is 12.2. The van der Waals surface area contributed by atoms with Crippen LogP contribution in [0.2, 0.25) is 0 Å². The van der Waals surface area contributed by atoms with Crippen molar-refractivity contribution in [3.63, 3.8) is 0 Å². The molecule has 0 atom stereocenters. The summed E-state index contributed by atoms with van der Waals surface area (Å²) in [6.07, 6.45) is 1.64. The number of carbonyl (C=O) groups excluding carboxylic acids is 1.